The van der Waals surface area contributed by atoms with Crippen molar-refractivity contribution in [3.05, 3.63) is 11.6 Å². The number of fused-ring (bicyclic) bond motifs is 5. The zero-order valence-electron chi connectivity index (χ0n) is 29.9. The maximum atomic E-state index is 8.65. The maximum absolute atomic E-state index is 8.65. The molecular weight excluding hydrogens is 564 g/mol. The molecule has 0 unspecified atom stereocenters. The Labute approximate surface area is 276 Å². The predicted molar refractivity (Wildman–Crippen MR) is 182 cm³/mol. The van der Waals surface area contributed by atoms with Gasteiger partial charge in [0, 0.05) is 6.61 Å². The lowest BCUT2D eigenvalue weighted by molar-refractivity contribution is -0.0537. The summed E-state index contributed by atoms with van der Waals surface area (Å²) in [7, 11) is 0. The summed E-state index contributed by atoms with van der Waals surface area (Å²) in [6, 6.07) is 0. The van der Waals surface area contributed by atoms with Crippen molar-refractivity contribution in [3.63, 3.8) is 0 Å². The quantitative estimate of drug-likeness (QED) is 0.0959. The molecule has 0 saturated heterocycles. The van der Waals surface area contributed by atoms with Gasteiger partial charge in [-0.3, -0.25) is 0 Å². The van der Waals surface area contributed by atoms with Crippen molar-refractivity contribution in [2.24, 2.45) is 52.3 Å². The number of aliphatic hydroxyl groups is 1. The van der Waals surface area contributed by atoms with Crippen molar-refractivity contribution in [1.29, 1.82) is 0 Å². The fraction of sp³-hybridized carbons (Fsp3) is 0.949. The average Bonchev–Trinajstić information content (AvgIpc) is 3.38. The molecule has 6 nitrogen and oxygen atoms in total. The first-order chi connectivity index (χ1) is 21.8. The van der Waals surface area contributed by atoms with Crippen LogP contribution in [0.4, 0.5) is 0 Å². The summed E-state index contributed by atoms with van der Waals surface area (Å²) >= 11 is 0. The van der Waals surface area contributed by atoms with Crippen molar-refractivity contribution in [2.75, 3.05) is 72.7 Å². The van der Waals surface area contributed by atoms with Gasteiger partial charge in [0.25, 0.3) is 0 Å². The van der Waals surface area contributed by atoms with Gasteiger partial charge in [-0.2, -0.15) is 0 Å². The van der Waals surface area contributed by atoms with Crippen molar-refractivity contribution < 1.29 is 28.8 Å². The lowest BCUT2D eigenvalue weighted by atomic mass is 9.46. The van der Waals surface area contributed by atoms with Gasteiger partial charge in [0.2, 0.25) is 0 Å². The standard InChI is InChI=1S/C39H70O6/c1-30(2)7-6-8-31(3)35-11-12-36-34-10-9-33-29-32(13-16-38(33,4)37(34)14-17-39(35,36)5)15-19-41-21-23-43-25-27-45-28-26-44-24-22-42-20-18-40/h9,30-32,34-37,40H,6-8,10-29H2,1-5H3/t31-,32+,34+,35-,36+,37+,38+,39-/m1/s1. The SMILES string of the molecule is CC(C)CCC[C@@H](C)[C@H]1CC[C@H]2[C@@H]3CC=C4C[C@H](CCOCCOCCOCCOCCOCCO)CC[C@]4(C)[C@H]3CC[C@]12C. The fourth-order valence-corrected chi connectivity index (χ4v) is 10.3. The Hall–Kier alpha value is -0.500. The van der Waals surface area contributed by atoms with E-state index in [1.807, 2.05) is 5.57 Å². The van der Waals surface area contributed by atoms with Gasteiger partial charge in [-0.15, -0.1) is 0 Å². The Morgan fingerprint density at radius 1 is 0.733 bits per heavy atom. The molecule has 3 saturated carbocycles. The van der Waals surface area contributed by atoms with E-state index in [9.17, 15) is 0 Å². The summed E-state index contributed by atoms with van der Waals surface area (Å²) in [4.78, 5) is 0. The van der Waals surface area contributed by atoms with Crippen LogP contribution < -0.4 is 0 Å². The first-order valence-electron chi connectivity index (χ1n) is 19.0. The van der Waals surface area contributed by atoms with Crippen LogP contribution in [0.3, 0.4) is 0 Å². The van der Waals surface area contributed by atoms with Crippen LogP contribution in [0.2, 0.25) is 0 Å². The molecule has 0 bridgehead atoms. The highest BCUT2D eigenvalue weighted by atomic mass is 16.6. The van der Waals surface area contributed by atoms with Crippen LogP contribution in [0.25, 0.3) is 0 Å². The lowest BCUT2D eigenvalue weighted by Crippen LogP contribution is -2.50. The van der Waals surface area contributed by atoms with E-state index in [-0.39, 0.29) is 6.61 Å². The second-order valence-corrected chi connectivity index (χ2v) is 16.0. The molecule has 0 aliphatic heterocycles. The van der Waals surface area contributed by atoms with E-state index in [1.165, 1.54) is 77.0 Å². The molecule has 45 heavy (non-hydrogen) atoms. The lowest BCUT2D eigenvalue weighted by Gasteiger charge is -2.58. The molecule has 4 aliphatic carbocycles. The minimum absolute atomic E-state index is 0.0479. The monoisotopic (exact) mass is 635 g/mol. The van der Waals surface area contributed by atoms with Gasteiger partial charge < -0.3 is 28.8 Å². The van der Waals surface area contributed by atoms with Crippen LogP contribution in [-0.4, -0.2) is 77.8 Å². The van der Waals surface area contributed by atoms with Crippen LogP contribution >= 0.6 is 0 Å². The molecule has 262 valence electrons. The Morgan fingerprint density at radius 2 is 1.36 bits per heavy atom. The van der Waals surface area contributed by atoms with Crippen LogP contribution in [0.1, 0.15) is 112 Å². The minimum atomic E-state index is 0.0479. The summed E-state index contributed by atoms with van der Waals surface area (Å²) < 4.78 is 27.7. The minimum Gasteiger partial charge on any atom is -0.394 e. The highest BCUT2D eigenvalue weighted by molar-refractivity contribution is 5.25. The van der Waals surface area contributed by atoms with Gasteiger partial charge in [-0.25, -0.2) is 0 Å². The van der Waals surface area contributed by atoms with Gasteiger partial charge in [-0.05, 0) is 110 Å². The second-order valence-electron chi connectivity index (χ2n) is 16.0. The first-order valence-corrected chi connectivity index (χ1v) is 19.0. The second kappa shape index (κ2) is 18.9. The molecule has 0 amide bonds. The van der Waals surface area contributed by atoms with Gasteiger partial charge in [0.1, 0.15) is 0 Å². The molecule has 0 spiro atoms. The zero-order chi connectivity index (χ0) is 32.1. The summed E-state index contributed by atoms with van der Waals surface area (Å²) in [5, 5.41) is 8.65. The third-order valence-electron chi connectivity index (χ3n) is 12.8. The molecule has 0 radical (unpaired) electrons. The molecule has 0 aromatic rings. The van der Waals surface area contributed by atoms with E-state index in [2.05, 4.69) is 40.7 Å². The molecule has 0 heterocycles. The molecule has 0 aromatic heterocycles. The summed E-state index contributed by atoms with van der Waals surface area (Å²) in [5.74, 6) is 6.24. The first kappa shape index (κ1) is 37.3. The van der Waals surface area contributed by atoms with E-state index >= 15 is 0 Å². The maximum Gasteiger partial charge on any atom is 0.0701 e. The topological polar surface area (TPSA) is 66.4 Å². The fourth-order valence-electron chi connectivity index (χ4n) is 10.3. The molecule has 3 fully saturated rings. The number of hydrogen-bond acceptors (Lipinski definition) is 6. The number of allylic oxidation sites excluding steroid dienone is 2. The van der Waals surface area contributed by atoms with Crippen LogP contribution in [-0.2, 0) is 23.7 Å². The molecule has 4 rings (SSSR count). The summed E-state index contributed by atoms with van der Waals surface area (Å²) in [6.45, 7) is 18.5. The largest absolute Gasteiger partial charge is 0.394 e. The zero-order valence-corrected chi connectivity index (χ0v) is 29.9. The Bertz CT molecular complexity index is 860. The van der Waals surface area contributed by atoms with E-state index < -0.39 is 0 Å². The smallest absolute Gasteiger partial charge is 0.0701 e. The van der Waals surface area contributed by atoms with Gasteiger partial charge >= 0.3 is 0 Å². The van der Waals surface area contributed by atoms with E-state index in [0.717, 1.165) is 48.0 Å². The summed E-state index contributed by atoms with van der Waals surface area (Å²) in [5.41, 5.74) is 2.83. The number of hydrogen-bond donors (Lipinski definition) is 1. The molecule has 4 aliphatic rings. The average molecular weight is 635 g/mol. The van der Waals surface area contributed by atoms with E-state index in [0.29, 0.717) is 70.3 Å². The highest BCUT2D eigenvalue weighted by Gasteiger charge is 2.59. The number of ether oxygens (including phenoxy) is 5. The number of aliphatic hydroxyl groups excluding tert-OH is 1. The van der Waals surface area contributed by atoms with E-state index in [4.69, 9.17) is 28.8 Å². The van der Waals surface area contributed by atoms with Gasteiger partial charge in [-0.1, -0.05) is 65.5 Å². The van der Waals surface area contributed by atoms with Crippen LogP contribution in [0.15, 0.2) is 11.6 Å². The van der Waals surface area contributed by atoms with Crippen molar-refractivity contribution in [1.82, 2.24) is 0 Å². The van der Waals surface area contributed by atoms with E-state index in [1.54, 1.807) is 0 Å². The Balaban J connectivity index is 1.09. The van der Waals surface area contributed by atoms with Crippen molar-refractivity contribution >= 4 is 0 Å². The molecular formula is C39H70O6. The van der Waals surface area contributed by atoms with Crippen molar-refractivity contribution in [3.8, 4) is 0 Å². The van der Waals surface area contributed by atoms with Gasteiger partial charge in [0.15, 0.2) is 0 Å². The van der Waals surface area contributed by atoms with Gasteiger partial charge in [0.05, 0.1) is 66.1 Å². The third kappa shape index (κ3) is 10.2. The van der Waals surface area contributed by atoms with Crippen LogP contribution in [0.5, 0.6) is 0 Å². The highest BCUT2D eigenvalue weighted by Crippen LogP contribution is 2.67. The normalized spacial score (nSPS) is 33.5. The molecule has 6 heteroatoms. The molecule has 0 aromatic carbocycles. The number of rotatable bonds is 22. The Morgan fingerprint density at radius 3 is 1.98 bits per heavy atom. The Kier molecular flexibility index (Phi) is 15.7. The third-order valence-corrected chi connectivity index (χ3v) is 12.8. The summed E-state index contributed by atoms with van der Waals surface area (Å²) in [6.07, 6.45) is 19.5. The molecule has 8 atom stereocenters. The molecule has 1 N–H and O–H groups in total. The predicted octanol–water partition coefficient (Wildman–Crippen LogP) is 8.11. The van der Waals surface area contributed by atoms with Crippen molar-refractivity contribution in [2.45, 2.75) is 112 Å². The van der Waals surface area contributed by atoms with Crippen LogP contribution in [0, 0.1) is 52.3 Å².